The first-order valence-electron chi connectivity index (χ1n) is 10.3. The molecule has 3 aromatic rings. The number of nitrogens with one attached hydrogen (secondary N) is 2. The number of hydrogen-bond donors (Lipinski definition) is 2. The fourth-order valence-corrected chi connectivity index (χ4v) is 3.45. The van der Waals surface area contributed by atoms with Crippen LogP contribution < -0.4 is 10.6 Å². The minimum Gasteiger partial charge on any atom is -0.469 e. The third kappa shape index (κ3) is 6.62. The van der Waals surface area contributed by atoms with Crippen molar-refractivity contribution in [1.82, 2.24) is 20.4 Å². The zero-order valence-electron chi connectivity index (χ0n) is 18.0. The first kappa shape index (κ1) is 24.0. The highest BCUT2D eigenvalue weighted by Crippen LogP contribution is 2.15. The standard InChI is InChI=1S/C23H31N5O.HI/c1-4-21-20(22(5-2)28(3)27-21)17-26-23(24-14-13-19-12-9-15-29-19)25-16-18-10-7-6-8-11-18;/h6-12,15H,4-5,13-14,16-17H2,1-3H3,(H2,24,25,26);1H. The summed E-state index contributed by atoms with van der Waals surface area (Å²) in [7, 11) is 2.02. The summed E-state index contributed by atoms with van der Waals surface area (Å²) in [5.41, 5.74) is 4.88. The monoisotopic (exact) mass is 521 g/mol. The summed E-state index contributed by atoms with van der Waals surface area (Å²) in [6, 6.07) is 14.2. The van der Waals surface area contributed by atoms with E-state index in [1.54, 1.807) is 6.26 Å². The molecule has 0 unspecified atom stereocenters. The highest BCUT2D eigenvalue weighted by atomic mass is 127. The van der Waals surface area contributed by atoms with Gasteiger partial charge in [0.2, 0.25) is 0 Å². The van der Waals surface area contributed by atoms with Gasteiger partial charge in [0, 0.05) is 37.8 Å². The van der Waals surface area contributed by atoms with Gasteiger partial charge in [-0.05, 0) is 30.5 Å². The van der Waals surface area contributed by atoms with E-state index >= 15 is 0 Å². The molecule has 0 fully saturated rings. The molecule has 0 saturated heterocycles. The Kier molecular flexibility index (Phi) is 9.93. The molecule has 0 aliphatic rings. The second-order valence-electron chi connectivity index (χ2n) is 6.96. The Hall–Kier alpha value is -2.29. The molecule has 0 aliphatic carbocycles. The van der Waals surface area contributed by atoms with Crippen molar-refractivity contribution in [2.45, 2.75) is 46.2 Å². The first-order valence-corrected chi connectivity index (χ1v) is 10.3. The van der Waals surface area contributed by atoms with E-state index in [4.69, 9.17) is 9.41 Å². The Bertz CT molecular complexity index is 903. The van der Waals surface area contributed by atoms with E-state index in [0.717, 1.165) is 43.2 Å². The normalized spacial score (nSPS) is 11.2. The average Bonchev–Trinajstić information content (AvgIpc) is 3.37. The molecule has 3 rings (SSSR count). The van der Waals surface area contributed by atoms with Crippen LogP contribution in [0, 0.1) is 0 Å². The van der Waals surface area contributed by atoms with Gasteiger partial charge in [0.25, 0.3) is 0 Å². The highest BCUT2D eigenvalue weighted by molar-refractivity contribution is 14.0. The summed E-state index contributed by atoms with van der Waals surface area (Å²) in [4.78, 5) is 4.78. The molecule has 30 heavy (non-hydrogen) atoms. The van der Waals surface area contributed by atoms with Crippen LogP contribution in [0.15, 0.2) is 58.1 Å². The summed E-state index contributed by atoms with van der Waals surface area (Å²) in [6.07, 6.45) is 4.40. The van der Waals surface area contributed by atoms with Crippen LogP contribution in [-0.4, -0.2) is 22.3 Å². The lowest BCUT2D eigenvalue weighted by molar-refractivity contribution is 0.506. The molecule has 162 valence electrons. The van der Waals surface area contributed by atoms with Crippen LogP contribution in [0.4, 0.5) is 0 Å². The first-order chi connectivity index (χ1) is 14.2. The average molecular weight is 521 g/mol. The lowest BCUT2D eigenvalue weighted by atomic mass is 10.1. The molecule has 0 saturated carbocycles. The van der Waals surface area contributed by atoms with Crippen molar-refractivity contribution in [2.75, 3.05) is 6.54 Å². The molecule has 0 bridgehead atoms. The summed E-state index contributed by atoms with van der Waals surface area (Å²) < 4.78 is 7.43. The molecule has 6 nitrogen and oxygen atoms in total. The predicted molar refractivity (Wildman–Crippen MR) is 132 cm³/mol. The van der Waals surface area contributed by atoms with Crippen molar-refractivity contribution in [3.8, 4) is 0 Å². The third-order valence-corrected chi connectivity index (χ3v) is 4.97. The molecule has 0 amide bonds. The van der Waals surface area contributed by atoms with Gasteiger partial charge >= 0.3 is 0 Å². The molecular weight excluding hydrogens is 489 g/mol. The molecule has 1 aromatic carbocycles. The SMILES string of the molecule is CCc1nn(C)c(CC)c1CNC(=NCc1ccccc1)NCCc1ccco1.I. The largest absolute Gasteiger partial charge is 0.469 e. The maximum atomic E-state index is 5.43. The van der Waals surface area contributed by atoms with E-state index in [1.807, 2.05) is 42.1 Å². The Morgan fingerprint density at radius 1 is 1.07 bits per heavy atom. The lowest BCUT2D eigenvalue weighted by Gasteiger charge is -2.13. The minimum absolute atomic E-state index is 0. The number of benzene rings is 1. The van der Waals surface area contributed by atoms with Gasteiger partial charge in [0.05, 0.1) is 18.5 Å². The summed E-state index contributed by atoms with van der Waals surface area (Å²) in [6.45, 7) is 6.42. The number of halogens is 1. The van der Waals surface area contributed by atoms with Crippen LogP contribution >= 0.6 is 24.0 Å². The fraction of sp³-hybridized carbons (Fsp3) is 0.391. The summed E-state index contributed by atoms with van der Waals surface area (Å²) in [5.74, 6) is 1.77. The van der Waals surface area contributed by atoms with Gasteiger partial charge in [-0.3, -0.25) is 4.68 Å². The van der Waals surface area contributed by atoms with Gasteiger partial charge in [-0.15, -0.1) is 24.0 Å². The Balaban J connectivity index is 0.00000320. The second kappa shape index (κ2) is 12.4. The van der Waals surface area contributed by atoms with Gasteiger partial charge in [0.1, 0.15) is 5.76 Å². The van der Waals surface area contributed by atoms with Gasteiger partial charge in [0.15, 0.2) is 5.96 Å². The number of hydrogen-bond acceptors (Lipinski definition) is 3. The van der Waals surface area contributed by atoms with Crippen molar-refractivity contribution < 1.29 is 4.42 Å². The fourth-order valence-electron chi connectivity index (χ4n) is 3.45. The predicted octanol–water partition coefficient (Wildman–Crippen LogP) is 4.23. The van der Waals surface area contributed by atoms with E-state index in [1.165, 1.54) is 16.8 Å². The van der Waals surface area contributed by atoms with Crippen LogP contribution in [-0.2, 0) is 39.4 Å². The number of aromatic nitrogens is 2. The van der Waals surface area contributed by atoms with Crippen LogP contribution in [0.3, 0.4) is 0 Å². The molecule has 2 N–H and O–H groups in total. The van der Waals surface area contributed by atoms with Crippen molar-refractivity contribution >= 4 is 29.9 Å². The van der Waals surface area contributed by atoms with E-state index in [2.05, 4.69) is 41.7 Å². The quantitative estimate of drug-likeness (QED) is 0.251. The van der Waals surface area contributed by atoms with Crippen LogP contribution in [0.5, 0.6) is 0 Å². The van der Waals surface area contributed by atoms with Crippen LogP contribution in [0.2, 0.25) is 0 Å². The second-order valence-corrected chi connectivity index (χ2v) is 6.96. The molecule has 7 heteroatoms. The van der Waals surface area contributed by atoms with Gasteiger partial charge < -0.3 is 15.1 Å². The van der Waals surface area contributed by atoms with Gasteiger partial charge in [-0.25, -0.2) is 4.99 Å². The Morgan fingerprint density at radius 3 is 2.53 bits per heavy atom. The number of nitrogens with zero attached hydrogens (tertiary/aromatic N) is 3. The lowest BCUT2D eigenvalue weighted by Crippen LogP contribution is -2.38. The zero-order valence-corrected chi connectivity index (χ0v) is 20.3. The van der Waals surface area contributed by atoms with Crippen molar-refractivity contribution in [2.24, 2.45) is 12.0 Å². The van der Waals surface area contributed by atoms with Gasteiger partial charge in [-0.1, -0.05) is 44.2 Å². The van der Waals surface area contributed by atoms with Crippen LogP contribution in [0.1, 0.15) is 42.1 Å². The third-order valence-electron chi connectivity index (χ3n) is 4.97. The molecule has 0 aliphatic heterocycles. The molecule has 2 aromatic heterocycles. The van der Waals surface area contributed by atoms with Crippen LogP contribution in [0.25, 0.3) is 0 Å². The Labute approximate surface area is 196 Å². The smallest absolute Gasteiger partial charge is 0.191 e. The Morgan fingerprint density at radius 2 is 1.87 bits per heavy atom. The van der Waals surface area contributed by atoms with Crippen molar-refractivity contribution in [3.05, 3.63) is 77.0 Å². The number of aryl methyl sites for hydroxylation is 2. The maximum absolute atomic E-state index is 5.43. The topological polar surface area (TPSA) is 67.4 Å². The summed E-state index contributed by atoms with van der Waals surface area (Å²) in [5, 5.41) is 11.6. The number of guanidine groups is 1. The summed E-state index contributed by atoms with van der Waals surface area (Å²) >= 11 is 0. The number of furan rings is 1. The van der Waals surface area contributed by atoms with E-state index < -0.39 is 0 Å². The molecule has 0 atom stereocenters. The minimum atomic E-state index is 0. The zero-order chi connectivity index (χ0) is 20.5. The highest BCUT2D eigenvalue weighted by Gasteiger charge is 2.14. The van der Waals surface area contributed by atoms with E-state index in [9.17, 15) is 0 Å². The van der Waals surface area contributed by atoms with Gasteiger partial charge in [-0.2, -0.15) is 5.10 Å². The number of aliphatic imine (C=N–C) groups is 1. The maximum Gasteiger partial charge on any atom is 0.191 e. The molecule has 2 heterocycles. The van der Waals surface area contributed by atoms with Crippen molar-refractivity contribution in [1.29, 1.82) is 0 Å². The van der Waals surface area contributed by atoms with E-state index in [0.29, 0.717) is 13.1 Å². The molecule has 0 radical (unpaired) electrons. The van der Waals surface area contributed by atoms with E-state index in [-0.39, 0.29) is 24.0 Å². The molecular formula is C23H32IN5O. The number of rotatable bonds is 9. The molecule has 0 spiro atoms. The van der Waals surface area contributed by atoms with Crippen molar-refractivity contribution in [3.63, 3.8) is 0 Å².